The van der Waals surface area contributed by atoms with Crippen molar-refractivity contribution >= 4 is 21.6 Å². The first-order valence-electron chi connectivity index (χ1n) is 7.38. The number of benzene rings is 1. The average Bonchev–Trinajstić information content (AvgIpc) is 2.41. The summed E-state index contributed by atoms with van der Waals surface area (Å²) in [6, 6.07) is 6.48. The van der Waals surface area contributed by atoms with E-state index >= 15 is 0 Å². The third-order valence-corrected chi connectivity index (χ3v) is 3.52. The largest absolute Gasteiger partial charge is 0.383 e. The Morgan fingerprint density at radius 2 is 1.95 bits per heavy atom. The minimum Gasteiger partial charge on any atom is -0.383 e. The van der Waals surface area contributed by atoms with Gasteiger partial charge >= 0.3 is 0 Å². The van der Waals surface area contributed by atoms with Crippen molar-refractivity contribution in [2.24, 2.45) is 0 Å². The number of rotatable bonds is 10. The van der Waals surface area contributed by atoms with E-state index in [9.17, 15) is 0 Å². The van der Waals surface area contributed by atoms with E-state index in [-0.39, 0.29) is 0 Å². The lowest BCUT2D eigenvalue weighted by Crippen LogP contribution is -2.11. The summed E-state index contributed by atoms with van der Waals surface area (Å²) in [5.74, 6) is 0. The molecular weight excluding hydrogens is 302 g/mol. The van der Waals surface area contributed by atoms with Crippen LogP contribution in [0.5, 0.6) is 0 Å². The number of nitrogens with one attached hydrogen (secondary N) is 1. The summed E-state index contributed by atoms with van der Waals surface area (Å²) in [5.41, 5.74) is 2.65. The fraction of sp³-hybridized carbons (Fsp3) is 0.625. The summed E-state index contributed by atoms with van der Waals surface area (Å²) in [6.07, 6.45) is 6.05. The molecule has 19 heavy (non-hydrogen) atoms. The number of halogens is 1. The van der Waals surface area contributed by atoms with Crippen molar-refractivity contribution in [2.45, 2.75) is 46.0 Å². The monoisotopic (exact) mass is 327 g/mol. The Morgan fingerprint density at radius 1 is 1.11 bits per heavy atom. The normalized spacial score (nSPS) is 10.7. The van der Waals surface area contributed by atoms with Gasteiger partial charge in [-0.2, -0.15) is 0 Å². The highest BCUT2D eigenvalue weighted by atomic mass is 79.9. The van der Waals surface area contributed by atoms with Gasteiger partial charge in [0.25, 0.3) is 0 Å². The van der Waals surface area contributed by atoms with Crippen LogP contribution in [0.4, 0.5) is 5.69 Å². The second kappa shape index (κ2) is 10.3. The van der Waals surface area contributed by atoms with E-state index in [1.54, 1.807) is 0 Å². The molecule has 0 fully saturated rings. The topological polar surface area (TPSA) is 21.3 Å². The smallest absolute Gasteiger partial charge is 0.0639 e. The molecule has 0 atom stereocenters. The molecular formula is C16H26BrNO. The molecule has 1 N–H and O–H groups in total. The zero-order valence-electron chi connectivity index (χ0n) is 12.2. The Labute approximate surface area is 126 Å². The molecule has 0 heterocycles. The molecule has 3 heteroatoms. The number of aryl methyl sites for hydroxylation is 1. The molecule has 0 saturated carbocycles. The van der Waals surface area contributed by atoms with Gasteiger partial charge in [-0.15, -0.1) is 0 Å². The number of ether oxygens (including phenoxy) is 1. The van der Waals surface area contributed by atoms with Crippen LogP contribution in [0, 0.1) is 0 Å². The number of unbranched alkanes of at least 4 members (excludes halogenated alkanes) is 2. The van der Waals surface area contributed by atoms with Crippen LogP contribution in [-0.2, 0) is 11.2 Å². The predicted molar refractivity (Wildman–Crippen MR) is 87.0 cm³/mol. The molecule has 2 nitrogen and oxygen atoms in total. The van der Waals surface area contributed by atoms with Crippen LogP contribution >= 0.6 is 15.9 Å². The molecule has 0 spiro atoms. The highest BCUT2D eigenvalue weighted by Crippen LogP contribution is 2.23. The van der Waals surface area contributed by atoms with Crippen LogP contribution in [-0.4, -0.2) is 19.8 Å². The Morgan fingerprint density at radius 3 is 2.68 bits per heavy atom. The van der Waals surface area contributed by atoms with Crippen molar-refractivity contribution in [1.29, 1.82) is 0 Å². The van der Waals surface area contributed by atoms with E-state index in [0.29, 0.717) is 0 Å². The molecule has 0 aromatic heterocycles. The van der Waals surface area contributed by atoms with Gasteiger partial charge in [0.2, 0.25) is 0 Å². The molecule has 0 amide bonds. The highest BCUT2D eigenvalue weighted by Gasteiger charge is 2.03. The molecule has 1 rings (SSSR count). The molecule has 0 aliphatic heterocycles. The Balaban J connectivity index is 2.45. The van der Waals surface area contributed by atoms with Crippen molar-refractivity contribution in [3.63, 3.8) is 0 Å². The molecule has 0 bridgehead atoms. The van der Waals surface area contributed by atoms with Crippen LogP contribution in [0.25, 0.3) is 0 Å². The van der Waals surface area contributed by atoms with E-state index in [1.807, 2.05) is 0 Å². The first-order chi connectivity index (χ1) is 9.27. The average molecular weight is 328 g/mol. The van der Waals surface area contributed by atoms with Gasteiger partial charge in [-0.3, -0.25) is 0 Å². The first kappa shape index (κ1) is 16.5. The van der Waals surface area contributed by atoms with E-state index in [2.05, 4.69) is 53.3 Å². The van der Waals surface area contributed by atoms with Gasteiger partial charge in [-0.25, -0.2) is 0 Å². The number of hydrogen-bond donors (Lipinski definition) is 1. The molecule has 0 radical (unpaired) electrons. The SMILES string of the molecule is CCCCCc1cc(Br)ccc1NCCOCCC. The van der Waals surface area contributed by atoms with Crippen molar-refractivity contribution in [3.8, 4) is 0 Å². The van der Waals surface area contributed by atoms with Crippen molar-refractivity contribution in [1.82, 2.24) is 0 Å². The van der Waals surface area contributed by atoms with E-state index in [0.717, 1.165) is 37.1 Å². The standard InChI is InChI=1S/C16H26BrNO/c1-3-5-6-7-14-13-15(17)8-9-16(14)18-10-12-19-11-4-2/h8-9,13,18H,3-7,10-12H2,1-2H3. The van der Waals surface area contributed by atoms with E-state index in [1.165, 1.54) is 30.5 Å². The number of anilines is 1. The fourth-order valence-corrected chi connectivity index (χ4v) is 2.42. The maximum atomic E-state index is 5.49. The van der Waals surface area contributed by atoms with Crippen LogP contribution in [0.15, 0.2) is 22.7 Å². The zero-order chi connectivity index (χ0) is 13.9. The fourth-order valence-electron chi connectivity index (χ4n) is 2.01. The molecule has 0 aliphatic carbocycles. The van der Waals surface area contributed by atoms with Crippen LogP contribution < -0.4 is 5.32 Å². The minimum atomic E-state index is 0.776. The quantitative estimate of drug-likeness (QED) is 0.609. The van der Waals surface area contributed by atoms with Crippen molar-refractivity contribution in [3.05, 3.63) is 28.2 Å². The van der Waals surface area contributed by atoms with Gasteiger partial charge in [0, 0.05) is 23.3 Å². The molecule has 0 aliphatic rings. The van der Waals surface area contributed by atoms with Gasteiger partial charge in [0.05, 0.1) is 6.61 Å². The molecule has 108 valence electrons. The second-order valence-electron chi connectivity index (χ2n) is 4.80. The molecule has 0 unspecified atom stereocenters. The lowest BCUT2D eigenvalue weighted by atomic mass is 10.1. The van der Waals surface area contributed by atoms with Crippen molar-refractivity contribution in [2.75, 3.05) is 25.1 Å². The molecule has 0 saturated heterocycles. The van der Waals surface area contributed by atoms with E-state index in [4.69, 9.17) is 4.74 Å². The third kappa shape index (κ3) is 6.98. The molecule has 1 aromatic rings. The minimum absolute atomic E-state index is 0.776. The summed E-state index contributed by atoms with van der Waals surface area (Å²) >= 11 is 3.56. The maximum absolute atomic E-state index is 5.49. The van der Waals surface area contributed by atoms with Crippen molar-refractivity contribution < 1.29 is 4.74 Å². The van der Waals surface area contributed by atoms with Crippen LogP contribution in [0.1, 0.15) is 45.1 Å². The zero-order valence-corrected chi connectivity index (χ0v) is 13.8. The summed E-state index contributed by atoms with van der Waals surface area (Å²) in [4.78, 5) is 0. The van der Waals surface area contributed by atoms with Gasteiger partial charge in [-0.05, 0) is 43.0 Å². The van der Waals surface area contributed by atoms with Crippen LogP contribution in [0.3, 0.4) is 0 Å². The summed E-state index contributed by atoms with van der Waals surface area (Å²) in [5, 5.41) is 3.48. The van der Waals surface area contributed by atoms with Gasteiger partial charge in [0.15, 0.2) is 0 Å². The number of hydrogen-bond acceptors (Lipinski definition) is 2. The van der Waals surface area contributed by atoms with Gasteiger partial charge < -0.3 is 10.1 Å². The third-order valence-electron chi connectivity index (χ3n) is 3.03. The van der Waals surface area contributed by atoms with E-state index < -0.39 is 0 Å². The second-order valence-corrected chi connectivity index (χ2v) is 5.71. The van der Waals surface area contributed by atoms with Gasteiger partial charge in [-0.1, -0.05) is 42.6 Å². The lowest BCUT2D eigenvalue weighted by Gasteiger charge is -2.13. The van der Waals surface area contributed by atoms with Gasteiger partial charge in [0.1, 0.15) is 0 Å². The highest BCUT2D eigenvalue weighted by molar-refractivity contribution is 9.10. The summed E-state index contributed by atoms with van der Waals surface area (Å²) in [7, 11) is 0. The lowest BCUT2D eigenvalue weighted by molar-refractivity contribution is 0.144. The maximum Gasteiger partial charge on any atom is 0.0639 e. The molecule has 1 aromatic carbocycles. The Hall–Kier alpha value is -0.540. The Kier molecular flexibility index (Phi) is 8.93. The summed E-state index contributed by atoms with van der Waals surface area (Å²) < 4.78 is 6.65. The Bertz CT molecular complexity index is 355. The van der Waals surface area contributed by atoms with Crippen LogP contribution in [0.2, 0.25) is 0 Å². The predicted octanol–water partition coefficient (Wildman–Crippen LogP) is 5.02. The summed E-state index contributed by atoms with van der Waals surface area (Å²) in [6.45, 7) is 6.88. The first-order valence-corrected chi connectivity index (χ1v) is 8.17.